The van der Waals surface area contributed by atoms with Gasteiger partial charge in [0.2, 0.25) is 0 Å². The fourth-order valence-corrected chi connectivity index (χ4v) is 2.16. The van der Waals surface area contributed by atoms with Crippen LogP contribution in [0.5, 0.6) is 0 Å². The van der Waals surface area contributed by atoms with Crippen LogP contribution in [0, 0.1) is 20.2 Å². The number of nitrogens with zero attached hydrogens (tertiary/aromatic N) is 2. The van der Waals surface area contributed by atoms with E-state index in [0.29, 0.717) is 0 Å². The zero-order valence-corrected chi connectivity index (χ0v) is 13.9. The highest BCUT2D eigenvalue weighted by molar-refractivity contribution is 5.91. The van der Waals surface area contributed by atoms with E-state index in [9.17, 15) is 29.8 Å². The monoisotopic (exact) mass is 374 g/mol. The minimum Gasteiger partial charge on any atom is -0.460 e. The van der Waals surface area contributed by atoms with Crippen molar-refractivity contribution < 1.29 is 28.9 Å². The summed E-state index contributed by atoms with van der Waals surface area (Å²) in [6.45, 7) is -0.735. The Labute approximate surface area is 152 Å². The Kier molecular flexibility index (Phi) is 6.53. The first-order valence-corrected chi connectivity index (χ1v) is 7.64. The number of hydrogen-bond donors (Lipinski definition) is 0. The van der Waals surface area contributed by atoms with Crippen LogP contribution < -0.4 is 0 Å². The molecule has 2 aromatic carbocycles. The topological polar surface area (TPSA) is 139 Å². The van der Waals surface area contributed by atoms with E-state index in [0.717, 1.165) is 0 Å². The van der Waals surface area contributed by atoms with E-state index < -0.39 is 28.2 Å². The van der Waals surface area contributed by atoms with Crippen molar-refractivity contribution in [2.24, 2.45) is 0 Å². The van der Waals surface area contributed by atoms with E-state index in [1.54, 1.807) is 12.1 Å². The van der Waals surface area contributed by atoms with Gasteiger partial charge in [-0.2, -0.15) is 0 Å². The molecule has 0 atom stereocenters. The minimum atomic E-state index is -0.930. The van der Waals surface area contributed by atoms with Crippen LogP contribution in [0.1, 0.15) is 17.5 Å². The van der Waals surface area contributed by atoms with Crippen LogP contribution in [-0.4, -0.2) is 21.8 Å². The maximum atomic E-state index is 11.7. The average Bonchev–Trinajstić information content (AvgIpc) is 2.65. The van der Waals surface area contributed by atoms with Crippen LogP contribution in [0.15, 0.2) is 48.5 Å². The molecule has 0 radical (unpaired) electrons. The van der Waals surface area contributed by atoms with Gasteiger partial charge in [-0.05, 0) is 12.1 Å². The molecule has 0 aliphatic rings. The molecule has 2 rings (SSSR count). The van der Waals surface area contributed by atoms with Crippen molar-refractivity contribution in [3.05, 3.63) is 79.9 Å². The van der Waals surface area contributed by atoms with Crippen molar-refractivity contribution in [2.45, 2.75) is 19.6 Å². The number of carbonyl (C=O) groups is 2. The number of carbonyl (C=O) groups excluding carboxylic acids is 2. The van der Waals surface area contributed by atoms with Crippen molar-refractivity contribution >= 4 is 23.3 Å². The molecule has 0 spiro atoms. The predicted molar refractivity (Wildman–Crippen MR) is 90.4 cm³/mol. The van der Waals surface area contributed by atoms with Gasteiger partial charge >= 0.3 is 11.9 Å². The van der Waals surface area contributed by atoms with Crippen LogP contribution in [0.3, 0.4) is 0 Å². The first-order valence-electron chi connectivity index (χ1n) is 7.64. The number of nitro groups is 2. The Balaban J connectivity index is 1.85. The highest BCUT2D eigenvalue weighted by atomic mass is 16.6. The van der Waals surface area contributed by atoms with Crippen LogP contribution in [0.25, 0.3) is 0 Å². The fraction of sp³-hybridized carbons (Fsp3) is 0.176. The predicted octanol–water partition coefficient (Wildman–Crippen LogP) is 2.68. The molecule has 0 bridgehead atoms. The summed E-state index contributed by atoms with van der Waals surface area (Å²) >= 11 is 0. The summed E-state index contributed by atoms with van der Waals surface area (Å²) in [7, 11) is 0. The van der Waals surface area contributed by atoms with Crippen molar-refractivity contribution in [3.8, 4) is 0 Å². The van der Waals surface area contributed by atoms with Gasteiger partial charge in [-0.15, -0.1) is 0 Å². The highest BCUT2D eigenvalue weighted by Gasteiger charge is 2.18. The largest absolute Gasteiger partial charge is 0.460 e. The van der Waals surface area contributed by atoms with E-state index in [4.69, 9.17) is 9.47 Å². The van der Waals surface area contributed by atoms with Crippen molar-refractivity contribution in [1.82, 2.24) is 0 Å². The second-order valence-corrected chi connectivity index (χ2v) is 5.27. The van der Waals surface area contributed by atoms with Gasteiger partial charge in [-0.3, -0.25) is 29.8 Å². The number of esters is 2. The number of hydrogen-bond acceptors (Lipinski definition) is 8. The molecule has 0 fully saturated rings. The zero-order valence-electron chi connectivity index (χ0n) is 13.9. The summed E-state index contributed by atoms with van der Waals surface area (Å²) in [6, 6.07) is 11.5. The van der Waals surface area contributed by atoms with Crippen molar-refractivity contribution in [3.63, 3.8) is 0 Å². The molecule has 10 nitrogen and oxygen atoms in total. The molecule has 0 unspecified atom stereocenters. The summed E-state index contributed by atoms with van der Waals surface area (Å²) < 4.78 is 9.70. The van der Waals surface area contributed by atoms with Gasteiger partial charge in [0.05, 0.1) is 21.0 Å². The fourth-order valence-electron chi connectivity index (χ4n) is 2.16. The lowest BCUT2D eigenvalue weighted by atomic mass is 10.2. The van der Waals surface area contributed by atoms with Crippen LogP contribution in [0.4, 0.5) is 11.4 Å². The molecular weight excluding hydrogens is 360 g/mol. The van der Waals surface area contributed by atoms with E-state index in [2.05, 4.69) is 0 Å². The lowest BCUT2D eigenvalue weighted by molar-refractivity contribution is -0.386. The molecule has 10 heteroatoms. The summed E-state index contributed by atoms with van der Waals surface area (Å²) in [5.74, 6) is -1.86. The van der Waals surface area contributed by atoms with E-state index in [-0.39, 0.29) is 35.7 Å². The number of benzene rings is 2. The molecule has 0 aliphatic heterocycles. The molecule has 0 aliphatic carbocycles. The molecule has 0 heterocycles. The second-order valence-electron chi connectivity index (χ2n) is 5.27. The quantitative estimate of drug-likeness (QED) is 0.297. The maximum absolute atomic E-state index is 11.7. The lowest BCUT2D eigenvalue weighted by Gasteiger charge is -2.07. The summed E-state index contributed by atoms with van der Waals surface area (Å²) in [4.78, 5) is 43.9. The molecule has 27 heavy (non-hydrogen) atoms. The molecule has 0 saturated carbocycles. The minimum absolute atomic E-state index is 0.184. The Bertz CT molecular complexity index is 809. The molecule has 0 amide bonds. The zero-order chi connectivity index (χ0) is 19.8. The number of para-hydroxylation sites is 2. The van der Waals surface area contributed by atoms with Crippen molar-refractivity contribution in [2.75, 3.05) is 0 Å². The molecular formula is C17H14N2O8. The van der Waals surface area contributed by atoms with Gasteiger partial charge in [0, 0.05) is 12.1 Å². The lowest BCUT2D eigenvalue weighted by Crippen LogP contribution is -2.14. The normalized spacial score (nSPS) is 10.1. The van der Waals surface area contributed by atoms with Gasteiger partial charge in [0.25, 0.3) is 11.4 Å². The van der Waals surface area contributed by atoms with Crippen LogP contribution in [0.2, 0.25) is 0 Å². The summed E-state index contributed by atoms with van der Waals surface area (Å²) in [6.07, 6.45) is -0.721. The van der Waals surface area contributed by atoms with E-state index in [1.165, 1.54) is 36.4 Å². The Morgan fingerprint density at radius 2 is 1.11 bits per heavy atom. The molecule has 0 saturated heterocycles. The third kappa shape index (κ3) is 5.59. The first-order chi connectivity index (χ1) is 12.9. The second kappa shape index (κ2) is 9.04. The van der Waals surface area contributed by atoms with Gasteiger partial charge < -0.3 is 9.47 Å². The summed E-state index contributed by atoms with van der Waals surface area (Å²) in [5.41, 5.74) is -0.0400. The van der Waals surface area contributed by atoms with Gasteiger partial charge in [0.15, 0.2) is 0 Å². The smallest absolute Gasteiger partial charge is 0.317 e. The summed E-state index contributed by atoms with van der Waals surface area (Å²) in [5, 5.41) is 21.8. The first kappa shape index (κ1) is 19.5. The Hall–Kier alpha value is -3.82. The standard InChI is InChI=1S/C17H14N2O8/c20-16(26-10-12-5-1-3-7-14(12)18(22)23)9-17(21)27-11-13-6-2-4-8-15(13)19(24)25/h1-8H,9-11H2. The molecule has 0 N–H and O–H groups in total. The average molecular weight is 374 g/mol. The third-order valence-corrected chi connectivity index (χ3v) is 3.44. The molecule has 140 valence electrons. The molecule has 0 aromatic heterocycles. The number of nitro benzene ring substituents is 2. The Morgan fingerprint density at radius 3 is 1.48 bits per heavy atom. The SMILES string of the molecule is O=C(CC(=O)OCc1ccccc1[N+](=O)[O-])OCc1ccccc1[N+](=O)[O-]. The van der Waals surface area contributed by atoms with Gasteiger partial charge in [0.1, 0.15) is 19.6 Å². The third-order valence-electron chi connectivity index (χ3n) is 3.44. The van der Waals surface area contributed by atoms with Gasteiger partial charge in [-0.25, -0.2) is 0 Å². The van der Waals surface area contributed by atoms with Crippen LogP contribution in [-0.2, 0) is 32.3 Å². The van der Waals surface area contributed by atoms with Crippen LogP contribution >= 0.6 is 0 Å². The van der Waals surface area contributed by atoms with E-state index in [1.807, 2.05) is 0 Å². The number of ether oxygens (including phenoxy) is 2. The van der Waals surface area contributed by atoms with Crippen molar-refractivity contribution in [1.29, 1.82) is 0 Å². The van der Waals surface area contributed by atoms with Gasteiger partial charge in [-0.1, -0.05) is 24.3 Å². The highest BCUT2D eigenvalue weighted by Crippen LogP contribution is 2.20. The maximum Gasteiger partial charge on any atom is 0.317 e. The Morgan fingerprint density at radius 1 is 0.741 bits per heavy atom. The molecule has 2 aromatic rings. The number of rotatable bonds is 8. The van der Waals surface area contributed by atoms with E-state index >= 15 is 0 Å².